The van der Waals surface area contributed by atoms with E-state index in [4.69, 9.17) is 4.74 Å². The van der Waals surface area contributed by atoms with E-state index in [-0.39, 0.29) is 0 Å². The van der Waals surface area contributed by atoms with Gasteiger partial charge in [-0.05, 0) is 86.8 Å². The van der Waals surface area contributed by atoms with Gasteiger partial charge < -0.3 is 4.74 Å². The van der Waals surface area contributed by atoms with Crippen molar-refractivity contribution in [3.05, 3.63) is 65.2 Å². The molecule has 1 fully saturated rings. The van der Waals surface area contributed by atoms with Gasteiger partial charge in [-0.2, -0.15) is 0 Å². The number of hydrogen-bond acceptors (Lipinski definition) is 1. The molecule has 0 aromatic heterocycles. The molecule has 154 valence electrons. The molecule has 0 saturated heterocycles. The van der Waals surface area contributed by atoms with Gasteiger partial charge in [0.25, 0.3) is 0 Å². The zero-order chi connectivity index (χ0) is 20.3. The largest absolute Gasteiger partial charge is 0.494 e. The van der Waals surface area contributed by atoms with E-state index in [1.54, 1.807) is 0 Å². The number of unbranched alkanes of at least 4 members (excludes halogenated alkanes) is 3. The Morgan fingerprint density at radius 1 is 0.828 bits per heavy atom. The maximum Gasteiger partial charge on any atom is 0.119 e. The van der Waals surface area contributed by atoms with E-state index in [0.717, 1.165) is 11.3 Å². The fraction of sp³-hybridized carbons (Fsp3) is 0.500. The second-order valence-electron chi connectivity index (χ2n) is 8.33. The first-order valence-electron chi connectivity index (χ1n) is 11.6. The minimum atomic E-state index is 0.538. The summed E-state index contributed by atoms with van der Waals surface area (Å²) in [6, 6.07) is 17.6. The SMILES string of the molecule is CCCCCCc1ccc(C2CCC(C#Cc3ccc(OCC)cc3)CC2)cc1. The van der Waals surface area contributed by atoms with Gasteiger partial charge in [0.05, 0.1) is 6.61 Å². The molecule has 1 heteroatoms. The average molecular weight is 389 g/mol. The number of rotatable bonds is 8. The Balaban J connectivity index is 1.45. The quantitative estimate of drug-likeness (QED) is 0.335. The van der Waals surface area contributed by atoms with Gasteiger partial charge in [-0.3, -0.25) is 0 Å². The third-order valence-electron chi connectivity index (χ3n) is 6.08. The maximum absolute atomic E-state index is 5.50. The summed E-state index contributed by atoms with van der Waals surface area (Å²) in [6.07, 6.45) is 11.5. The molecule has 0 N–H and O–H groups in total. The minimum absolute atomic E-state index is 0.538. The van der Waals surface area contributed by atoms with E-state index in [9.17, 15) is 0 Å². The molecule has 2 aromatic rings. The van der Waals surface area contributed by atoms with Crippen LogP contribution < -0.4 is 4.74 Å². The van der Waals surface area contributed by atoms with E-state index < -0.39 is 0 Å². The molecule has 3 rings (SSSR count). The van der Waals surface area contributed by atoms with Crippen LogP contribution in [0.15, 0.2) is 48.5 Å². The van der Waals surface area contributed by atoms with E-state index in [0.29, 0.717) is 18.4 Å². The summed E-state index contributed by atoms with van der Waals surface area (Å²) in [5.74, 6) is 9.06. The van der Waals surface area contributed by atoms with Gasteiger partial charge in [0.15, 0.2) is 0 Å². The van der Waals surface area contributed by atoms with Gasteiger partial charge in [0, 0.05) is 11.5 Å². The van der Waals surface area contributed by atoms with Crippen LogP contribution in [0.4, 0.5) is 0 Å². The lowest BCUT2D eigenvalue weighted by Crippen LogP contribution is -2.12. The molecule has 0 radical (unpaired) electrons. The molecule has 0 bridgehead atoms. The average Bonchev–Trinajstić information content (AvgIpc) is 2.77. The van der Waals surface area contributed by atoms with Crippen LogP contribution in [-0.4, -0.2) is 6.61 Å². The van der Waals surface area contributed by atoms with E-state index >= 15 is 0 Å². The third kappa shape index (κ3) is 6.97. The number of ether oxygens (including phenoxy) is 1. The Morgan fingerprint density at radius 2 is 1.55 bits per heavy atom. The maximum atomic E-state index is 5.50. The molecule has 1 saturated carbocycles. The molecule has 2 aromatic carbocycles. The number of hydrogen-bond donors (Lipinski definition) is 0. The van der Waals surface area contributed by atoms with Crippen molar-refractivity contribution in [2.45, 2.75) is 77.6 Å². The van der Waals surface area contributed by atoms with Crippen LogP contribution in [0.25, 0.3) is 0 Å². The molecule has 0 atom stereocenters. The zero-order valence-electron chi connectivity index (χ0n) is 18.3. The molecule has 0 amide bonds. The van der Waals surface area contributed by atoms with Crippen LogP contribution >= 0.6 is 0 Å². The molecule has 1 nitrogen and oxygen atoms in total. The summed E-state index contributed by atoms with van der Waals surface area (Å²) in [5, 5.41) is 0. The molecule has 1 aliphatic rings. The van der Waals surface area contributed by atoms with Gasteiger partial charge in [0.1, 0.15) is 5.75 Å². The predicted molar refractivity (Wildman–Crippen MR) is 123 cm³/mol. The van der Waals surface area contributed by atoms with Crippen LogP contribution in [0.5, 0.6) is 5.75 Å². The lowest BCUT2D eigenvalue weighted by Gasteiger charge is -2.26. The van der Waals surface area contributed by atoms with E-state index in [2.05, 4.69) is 55.2 Å². The molecule has 1 aliphatic carbocycles. The van der Waals surface area contributed by atoms with Crippen molar-refractivity contribution in [1.29, 1.82) is 0 Å². The number of benzene rings is 2. The first-order valence-corrected chi connectivity index (χ1v) is 11.6. The molecular weight excluding hydrogens is 352 g/mol. The van der Waals surface area contributed by atoms with E-state index in [1.165, 1.54) is 68.9 Å². The van der Waals surface area contributed by atoms with Crippen molar-refractivity contribution in [2.24, 2.45) is 5.92 Å². The standard InChI is InChI=1S/C28H36O/c1-3-5-6-7-8-23-11-17-26(18-12-23)27-19-13-24(14-20-27)9-10-25-15-21-28(22-16-25)29-4-2/h11-12,15-18,21-22,24,27H,3-8,13-14,19-20H2,1-2H3. The van der Waals surface area contributed by atoms with Crippen LogP contribution in [0.1, 0.15) is 87.8 Å². The predicted octanol–water partition coefficient (Wildman–Crippen LogP) is 7.53. The lowest BCUT2D eigenvalue weighted by atomic mass is 9.78. The Labute approximate surface area is 177 Å². The summed E-state index contributed by atoms with van der Waals surface area (Å²) in [7, 11) is 0. The van der Waals surface area contributed by atoms with Crippen molar-refractivity contribution in [3.63, 3.8) is 0 Å². The van der Waals surface area contributed by atoms with Gasteiger partial charge in [-0.1, -0.05) is 62.3 Å². The first kappa shape index (κ1) is 21.5. The summed E-state index contributed by atoms with van der Waals surface area (Å²) in [4.78, 5) is 0. The van der Waals surface area contributed by atoms with Gasteiger partial charge in [-0.15, -0.1) is 0 Å². The monoisotopic (exact) mass is 388 g/mol. The molecule has 29 heavy (non-hydrogen) atoms. The van der Waals surface area contributed by atoms with Crippen molar-refractivity contribution in [3.8, 4) is 17.6 Å². The fourth-order valence-corrected chi connectivity index (χ4v) is 4.27. The lowest BCUT2D eigenvalue weighted by molar-refractivity contribution is 0.340. The second kappa shape index (κ2) is 11.7. The second-order valence-corrected chi connectivity index (χ2v) is 8.33. The van der Waals surface area contributed by atoms with Crippen LogP contribution in [0.3, 0.4) is 0 Å². The van der Waals surface area contributed by atoms with Crippen molar-refractivity contribution in [2.75, 3.05) is 6.61 Å². The Hall–Kier alpha value is -2.20. The molecule has 0 aliphatic heterocycles. The van der Waals surface area contributed by atoms with Crippen LogP contribution in [-0.2, 0) is 6.42 Å². The first-order chi connectivity index (χ1) is 14.3. The summed E-state index contributed by atoms with van der Waals surface area (Å²) in [6.45, 7) is 4.98. The van der Waals surface area contributed by atoms with Gasteiger partial charge in [-0.25, -0.2) is 0 Å². The van der Waals surface area contributed by atoms with Crippen molar-refractivity contribution < 1.29 is 4.74 Å². The Bertz CT molecular complexity index is 768. The summed E-state index contributed by atoms with van der Waals surface area (Å²) in [5.41, 5.74) is 4.12. The smallest absolute Gasteiger partial charge is 0.119 e. The highest BCUT2D eigenvalue weighted by Gasteiger charge is 2.21. The van der Waals surface area contributed by atoms with Crippen LogP contribution in [0, 0.1) is 17.8 Å². The Morgan fingerprint density at radius 3 is 2.21 bits per heavy atom. The fourth-order valence-electron chi connectivity index (χ4n) is 4.27. The molecule has 0 spiro atoms. The van der Waals surface area contributed by atoms with E-state index in [1.807, 2.05) is 19.1 Å². The highest BCUT2D eigenvalue weighted by atomic mass is 16.5. The third-order valence-corrected chi connectivity index (χ3v) is 6.08. The minimum Gasteiger partial charge on any atom is -0.494 e. The van der Waals surface area contributed by atoms with Crippen molar-refractivity contribution in [1.82, 2.24) is 0 Å². The summed E-state index contributed by atoms with van der Waals surface area (Å²) >= 11 is 0. The normalized spacial score (nSPS) is 18.7. The highest BCUT2D eigenvalue weighted by molar-refractivity contribution is 5.38. The van der Waals surface area contributed by atoms with Crippen molar-refractivity contribution >= 4 is 0 Å². The molecule has 0 unspecified atom stereocenters. The topological polar surface area (TPSA) is 9.23 Å². The number of aryl methyl sites for hydroxylation is 1. The molecule has 0 heterocycles. The zero-order valence-corrected chi connectivity index (χ0v) is 18.3. The van der Waals surface area contributed by atoms with Crippen LogP contribution in [0.2, 0.25) is 0 Å². The highest BCUT2D eigenvalue weighted by Crippen LogP contribution is 2.35. The summed E-state index contributed by atoms with van der Waals surface area (Å²) < 4.78 is 5.50. The van der Waals surface area contributed by atoms with Gasteiger partial charge in [0.2, 0.25) is 0 Å². The van der Waals surface area contributed by atoms with Gasteiger partial charge >= 0.3 is 0 Å². The Kier molecular flexibility index (Phi) is 8.69. The molecular formula is C28H36O.